The number of hydrogen-bond acceptors (Lipinski definition) is 3. The summed E-state index contributed by atoms with van der Waals surface area (Å²) < 4.78 is 4.99. The van der Waals surface area contributed by atoms with E-state index in [4.69, 9.17) is 4.74 Å². The maximum atomic E-state index is 4.99. The monoisotopic (exact) mass is 228 g/mol. The highest BCUT2D eigenvalue weighted by Gasteiger charge is 2.23. The van der Waals surface area contributed by atoms with Gasteiger partial charge in [0.15, 0.2) is 0 Å². The molecule has 1 N–H and O–H groups in total. The van der Waals surface area contributed by atoms with Gasteiger partial charge in [-0.2, -0.15) is 0 Å². The number of nitrogens with one attached hydrogen (secondary N) is 1. The second-order valence-electron chi connectivity index (χ2n) is 5.19. The van der Waals surface area contributed by atoms with Crippen LogP contribution in [0.3, 0.4) is 0 Å². The van der Waals surface area contributed by atoms with Gasteiger partial charge in [-0.3, -0.25) is 0 Å². The molecule has 1 saturated heterocycles. The van der Waals surface area contributed by atoms with E-state index in [9.17, 15) is 0 Å². The number of methoxy groups -OCH3 is 1. The fraction of sp³-hybridized carbons (Fsp3) is 1.00. The number of rotatable bonds is 8. The van der Waals surface area contributed by atoms with Gasteiger partial charge in [-0.05, 0) is 44.3 Å². The van der Waals surface area contributed by atoms with Crippen LogP contribution in [-0.2, 0) is 4.74 Å². The van der Waals surface area contributed by atoms with Crippen LogP contribution in [0.2, 0.25) is 0 Å². The topological polar surface area (TPSA) is 24.5 Å². The van der Waals surface area contributed by atoms with Crippen molar-refractivity contribution < 1.29 is 4.74 Å². The average Bonchev–Trinajstić information content (AvgIpc) is 2.72. The smallest absolute Gasteiger partial charge is 0.0587 e. The van der Waals surface area contributed by atoms with Gasteiger partial charge in [0, 0.05) is 20.2 Å². The van der Waals surface area contributed by atoms with Crippen molar-refractivity contribution in [2.24, 2.45) is 11.8 Å². The van der Waals surface area contributed by atoms with Crippen LogP contribution < -0.4 is 5.32 Å². The highest BCUT2D eigenvalue weighted by atomic mass is 16.5. The van der Waals surface area contributed by atoms with Gasteiger partial charge in [0.25, 0.3) is 0 Å². The summed E-state index contributed by atoms with van der Waals surface area (Å²) in [5.41, 5.74) is 0. The molecule has 0 aromatic rings. The number of nitrogens with zero attached hydrogens (tertiary/aromatic N) is 1. The largest absolute Gasteiger partial charge is 0.383 e. The molecule has 3 heteroatoms. The number of likely N-dealkylation sites (tertiary alicyclic amines) is 1. The summed E-state index contributed by atoms with van der Waals surface area (Å²) in [6, 6.07) is 0. The fourth-order valence-electron chi connectivity index (χ4n) is 2.34. The maximum Gasteiger partial charge on any atom is 0.0587 e. The molecule has 0 spiro atoms. The molecule has 0 amide bonds. The summed E-state index contributed by atoms with van der Waals surface area (Å²) in [6.45, 7) is 11.5. The second-order valence-corrected chi connectivity index (χ2v) is 5.19. The van der Waals surface area contributed by atoms with E-state index in [1.807, 2.05) is 0 Å². The highest BCUT2D eigenvalue weighted by Crippen LogP contribution is 2.23. The predicted molar refractivity (Wildman–Crippen MR) is 68.7 cm³/mol. The normalized spacial score (nSPS) is 22.1. The van der Waals surface area contributed by atoms with Crippen molar-refractivity contribution in [1.82, 2.24) is 10.2 Å². The van der Waals surface area contributed by atoms with Gasteiger partial charge in [-0.15, -0.1) is 0 Å². The Hall–Kier alpha value is -0.120. The van der Waals surface area contributed by atoms with Crippen LogP contribution in [0.15, 0.2) is 0 Å². The summed E-state index contributed by atoms with van der Waals surface area (Å²) in [5, 5.41) is 3.39. The second kappa shape index (κ2) is 8.04. The molecule has 1 aliphatic rings. The van der Waals surface area contributed by atoms with Gasteiger partial charge in [0.1, 0.15) is 0 Å². The molecule has 0 aromatic carbocycles. The van der Waals surface area contributed by atoms with Gasteiger partial charge in [-0.25, -0.2) is 0 Å². The van der Waals surface area contributed by atoms with E-state index in [1.54, 1.807) is 7.11 Å². The van der Waals surface area contributed by atoms with Gasteiger partial charge in [0.05, 0.1) is 6.61 Å². The molecule has 0 bridgehead atoms. The van der Waals surface area contributed by atoms with E-state index < -0.39 is 0 Å². The van der Waals surface area contributed by atoms with Crippen molar-refractivity contribution in [3.63, 3.8) is 0 Å². The van der Waals surface area contributed by atoms with Crippen molar-refractivity contribution in [3.05, 3.63) is 0 Å². The van der Waals surface area contributed by atoms with Crippen molar-refractivity contribution in [3.8, 4) is 0 Å². The molecule has 0 aromatic heterocycles. The molecule has 0 saturated carbocycles. The average molecular weight is 228 g/mol. The molecule has 1 rings (SSSR count). The third kappa shape index (κ3) is 5.28. The summed E-state index contributed by atoms with van der Waals surface area (Å²) >= 11 is 0. The molecular weight excluding hydrogens is 200 g/mol. The zero-order chi connectivity index (χ0) is 11.8. The Morgan fingerprint density at radius 3 is 2.81 bits per heavy atom. The Bertz CT molecular complexity index is 173. The van der Waals surface area contributed by atoms with E-state index >= 15 is 0 Å². The molecule has 1 heterocycles. The Morgan fingerprint density at radius 2 is 2.19 bits per heavy atom. The Balaban J connectivity index is 1.94. The van der Waals surface area contributed by atoms with Crippen molar-refractivity contribution in [2.75, 3.05) is 46.4 Å². The molecule has 3 nitrogen and oxygen atoms in total. The Kier molecular flexibility index (Phi) is 7.01. The first-order chi connectivity index (χ1) is 7.74. The summed E-state index contributed by atoms with van der Waals surface area (Å²) in [5.74, 6) is 1.78. The Morgan fingerprint density at radius 1 is 1.38 bits per heavy atom. The van der Waals surface area contributed by atoms with Gasteiger partial charge in [-0.1, -0.05) is 13.8 Å². The van der Waals surface area contributed by atoms with Crippen LogP contribution in [0.4, 0.5) is 0 Å². The van der Waals surface area contributed by atoms with Crippen LogP contribution >= 0.6 is 0 Å². The standard InChI is InChI=1S/C13H28N2O/c1-12(2)13-5-9-15(11-13)8-4-6-14-7-10-16-3/h12-14H,4-11H2,1-3H3. The minimum Gasteiger partial charge on any atom is -0.383 e. The van der Waals surface area contributed by atoms with E-state index in [1.165, 1.54) is 32.5 Å². The molecule has 16 heavy (non-hydrogen) atoms. The summed E-state index contributed by atoms with van der Waals surface area (Å²) in [4.78, 5) is 2.61. The third-order valence-electron chi connectivity index (χ3n) is 3.56. The SMILES string of the molecule is COCCNCCCN1CCC(C(C)C)C1. The van der Waals surface area contributed by atoms with E-state index in [0.717, 1.165) is 31.5 Å². The maximum absolute atomic E-state index is 4.99. The van der Waals surface area contributed by atoms with Crippen molar-refractivity contribution in [2.45, 2.75) is 26.7 Å². The summed E-state index contributed by atoms with van der Waals surface area (Å²) in [7, 11) is 1.75. The molecule has 0 radical (unpaired) electrons. The lowest BCUT2D eigenvalue weighted by Gasteiger charge is -2.17. The quantitative estimate of drug-likeness (QED) is 0.639. The van der Waals surface area contributed by atoms with Crippen LogP contribution in [-0.4, -0.2) is 51.3 Å². The third-order valence-corrected chi connectivity index (χ3v) is 3.56. The number of ether oxygens (including phenoxy) is 1. The Labute approximate surface area is 101 Å². The summed E-state index contributed by atoms with van der Waals surface area (Å²) in [6.07, 6.45) is 2.66. The molecule has 96 valence electrons. The first-order valence-electron chi connectivity index (χ1n) is 6.66. The molecule has 1 atom stereocenters. The lowest BCUT2D eigenvalue weighted by molar-refractivity contribution is 0.198. The van der Waals surface area contributed by atoms with E-state index in [0.29, 0.717) is 0 Å². The lowest BCUT2D eigenvalue weighted by atomic mass is 9.95. The van der Waals surface area contributed by atoms with Crippen molar-refractivity contribution in [1.29, 1.82) is 0 Å². The fourth-order valence-corrected chi connectivity index (χ4v) is 2.34. The first kappa shape index (κ1) is 13.9. The zero-order valence-electron chi connectivity index (χ0n) is 11.2. The van der Waals surface area contributed by atoms with Crippen molar-refractivity contribution >= 4 is 0 Å². The molecule has 1 unspecified atom stereocenters. The van der Waals surface area contributed by atoms with Crippen LogP contribution in [0, 0.1) is 11.8 Å². The van der Waals surface area contributed by atoms with Crippen LogP contribution in [0.5, 0.6) is 0 Å². The zero-order valence-corrected chi connectivity index (χ0v) is 11.2. The highest BCUT2D eigenvalue weighted by molar-refractivity contribution is 4.77. The molecule has 1 aliphatic heterocycles. The minimum absolute atomic E-state index is 0.819. The van der Waals surface area contributed by atoms with Gasteiger partial charge in [0.2, 0.25) is 0 Å². The van der Waals surface area contributed by atoms with Gasteiger partial charge < -0.3 is 15.0 Å². The predicted octanol–water partition coefficient (Wildman–Crippen LogP) is 1.59. The number of hydrogen-bond donors (Lipinski definition) is 1. The molecule has 1 fully saturated rings. The van der Waals surface area contributed by atoms with Gasteiger partial charge >= 0.3 is 0 Å². The van der Waals surface area contributed by atoms with E-state index in [-0.39, 0.29) is 0 Å². The van der Waals surface area contributed by atoms with Crippen LogP contribution in [0.1, 0.15) is 26.7 Å². The van der Waals surface area contributed by atoms with Crippen LogP contribution in [0.25, 0.3) is 0 Å². The molecular formula is C13H28N2O. The first-order valence-corrected chi connectivity index (χ1v) is 6.66. The molecule has 0 aliphatic carbocycles. The van der Waals surface area contributed by atoms with E-state index in [2.05, 4.69) is 24.1 Å². The lowest BCUT2D eigenvalue weighted by Crippen LogP contribution is -2.27. The minimum atomic E-state index is 0.819.